The highest BCUT2D eigenvalue weighted by Crippen LogP contribution is 2.40. The third-order valence-corrected chi connectivity index (χ3v) is 9.35. The van der Waals surface area contributed by atoms with Crippen LogP contribution in [0, 0.1) is 23.7 Å². The Morgan fingerprint density at radius 2 is 1.82 bits per heavy atom. The highest BCUT2D eigenvalue weighted by molar-refractivity contribution is 6.03. The summed E-state index contributed by atoms with van der Waals surface area (Å²) < 4.78 is 0. The summed E-state index contributed by atoms with van der Waals surface area (Å²) in [7, 11) is 0. The number of allylic oxidation sites excluding steroid dienone is 2. The maximum Gasteiger partial charge on any atom is 0.222 e. The Bertz CT molecular complexity index is 1070. The van der Waals surface area contributed by atoms with Crippen LogP contribution >= 0.6 is 0 Å². The van der Waals surface area contributed by atoms with E-state index in [0.717, 1.165) is 54.8 Å². The van der Waals surface area contributed by atoms with Crippen molar-refractivity contribution in [3.8, 4) is 0 Å². The molecule has 210 valence electrons. The Hall–Kier alpha value is -2.75. The highest BCUT2D eigenvalue weighted by atomic mass is 16.2. The molecule has 39 heavy (non-hydrogen) atoms. The fourth-order valence-corrected chi connectivity index (χ4v) is 6.62. The Balaban J connectivity index is 1.22. The summed E-state index contributed by atoms with van der Waals surface area (Å²) >= 11 is 0. The molecule has 0 aromatic heterocycles. The quantitative estimate of drug-likeness (QED) is 0.162. The van der Waals surface area contributed by atoms with E-state index in [1.165, 1.54) is 68.9 Å². The van der Waals surface area contributed by atoms with Gasteiger partial charge in [0.25, 0.3) is 0 Å². The van der Waals surface area contributed by atoms with Gasteiger partial charge in [0.05, 0.1) is 0 Å². The first kappa shape index (κ1) is 29.2. The number of aryl methyl sites for hydroxylation is 1. The molecule has 4 rings (SSSR count). The van der Waals surface area contributed by atoms with Crippen molar-refractivity contribution in [2.24, 2.45) is 33.7 Å². The van der Waals surface area contributed by atoms with E-state index in [1.54, 1.807) is 6.20 Å². The Labute approximate surface area is 237 Å². The van der Waals surface area contributed by atoms with E-state index < -0.39 is 0 Å². The number of benzene rings is 1. The summed E-state index contributed by atoms with van der Waals surface area (Å²) in [5.41, 5.74) is 4.83. The van der Waals surface area contributed by atoms with Gasteiger partial charge in [-0.1, -0.05) is 87.3 Å². The van der Waals surface area contributed by atoms with Crippen molar-refractivity contribution >= 4 is 18.0 Å². The summed E-state index contributed by atoms with van der Waals surface area (Å²) in [5, 5.41) is 0. The Morgan fingerprint density at radius 1 is 1.08 bits per heavy atom. The van der Waals surface area contributed by atoms with Gasteiger partial charge in [0, 0.05) is 49.8 Å². The first-order chi connectivity index (χ1) is 19.0. The molecule has 1 aromatic carbocycles. The minimum Gasteiger partial charge on any atom is -0.341 e. The van der Waals surface area contributed by atoms with Crippen molar-refractivity contribution in [3.05, 3.63) is 72.0 Å². The summed E-state index contributed by atoms with van der Waals surface area (Å²) in [5.74, 6) is 4.23. The fourth-order valence-electron chi connectivity index (χ4n) is 6.62. The molecule has 1 amide bonds. The molecule has 3 aliphatic rings. The van der Waals surface area contributed by atoms with E-state index in [4.69, 9.17) is 4.99 Å². The first-order valence-corrected chi connectivity index (χ1v) is 15.4. The molecule has 1 unspecified atom stereocenters. The zero-order valence-electron chi connectivity index (χ0n) is 24.4. The molecule has 2 fully saturated rings. The topological polar surface area (TPSA) is 45.0 Å². The van der Waals surface area contributed by atoms with Crippen molar-refractivity contribution in [3.63, 3.8) is 0 Å². The van der Waals surface area contributed by atoms with Crippen molar-refractivity contribution in [2.45, 2.75) is 90.9 Å². The van der Waals surface area contributed by atoms with Crippen LogP contribution in [0.15, 0.2) is 70.8 Å². The number of amides is 1. The standard InChI is InChI=1S/C35H49N3O/c1-5-7-27-8-15-30(16-9-27)31-17-10-29(11-18-31)22-23-37-35(36-6-2)32-19-12-28(13-20-32)14-21-34(39)38-24-33(25-38)26(3)4/h6,10,12-13,19-20,23,27,30-31,33H,2-3,5,7-9,11,14-18,21-22,24-25H2,1,4H3/b36-35-,37-23-. The van der Waals surface area contributed by atoms with Gasteiger partial charge in [-0.25, -0.2) is 9.98 Å². The van der Waals surface area contributed by atoms with E-state index in [2.05, 4.69) is 55.4 Å². The number of hydrogen-bond donors (Lipinski definition) is 0. The Morgan fingerprint density at radius 3 is 2.44 bits per heavy atom. The summed E-state index contributed by atoms with van der Waals surface area (Å²) in [4.78, 5) is 23.5. The highest BCUT2D eigenvalue weighted by Gasteiger charge is 2.30. The molecule has 1 aliphatic heterocycles. The largest absolute Gasteiger partial charge is 0.341 e. The number of nitrogens with zero attached hydrogens (tertiary/aromatic N) is 3. The molecule has 1 aromatic rings. The molecule has 1 saturated carbocycles. The minimum absolute atomic E-state index is 0.234. The van der Waals surface area contributed by atoms with E-state index in [0.29, 0.717) is 18.2 Å². The van der Waals surface area contributed by atoms with Crippen LogP contribution in [-0.2, 0) is 11.2 Å². The normalized spacial score (nSPS) is 24.4. The third kappa shape index (κ3) is 8.37. The average molecular weight is 528 g/mol. The van der Waals surface area contributed by atoms with Crippen molar-refractivity contribution < 1.29 is 4.79 Å². The molecule has 2 aliphatic carbocycles. The molecule has 0 bridgehead atoms. The second kappa shape index (κ2) is 14.6. The predicted molar refractivity (Wildman–Crippen MR) is 165 cm³/mol. The second-order valence-electron chi connectivity index (χ2n) is 12.2. The van der Waals surface area contributed by atoms with Crippen LogP contribution < -0.4 is 0 Å². The molecule has 1 saturated heterocycles. The SMILES string of the molecule is C=C/N=C(\N=C/CC1=CCC(C2CCC(CCC)CC2)CC1)c1ccc(CCC(=O)N2CC(C(=C)C)C2)cc1. The number of rotatable bonds is 11. The monoisotopic (exact) mass is 527 g/mol. The van der Waals surface area contributed by atoms with Gasteiger partial charge in [-0.15, -0.1) is 0 Å². The number of aliphatic imine (C=N–C) groups is 2. The lowest BCUT2D eigenvalue weighted by molar-refractivity contribution is -0.136. The van der Waals surface area contributed by atoms with Gasteiger partial charge in [-0.3, -0.25) is 4.79 Å². The van der Waals surface area contributed by atoms with Gasteiger partial charge in [-0.2, -0.15) is 0 Å². The molecule has 4 heteroatoms. The Kier molecular flexibility index (Phi) is 10.9. The van der Waals surface area contributed by atoms with Gasteiger partial charge < -0.3 is 4.90 Å². The van der Waals surface area contributed by atoms with Crippen LogP contribution in [0.1, 0.15) is 95.6 Å². The third-order valence-electron chi connectivity index (χ3n) is 9.35. The molecule has 1 heterocycles. The van der Waals surface area contributed by atoms with Crippen molar-refractivity contribution in [1.82, 2.24) is 4.90 Å². The predicted octanol–water partition coefficient (Wildman–Crippen LogP) is 8.34. The summed E-state index contributed by atoms with van der Waals surface area (Å²) in [6, 6.07) is 8.28. The molecular weight excluding hydrogens is 478 g/mol. The van der Waals surface area contributed by atoms with Gasteiger partial charge in [-0.05, 0) is 68.8 Å². The van der Waals surface area contributed by atoms with Gasteiger partial charge >= 0.3 is 0 Å². The smallest absolute Gasteiger partial charge is 0.222 e. The number of hydrogen-bond acceptors (Lipinski definition) is 2. The number of carbonyl (C=O) groups excluding carboxylic acids is 1. The summed E-state index contributed by atoms with van der Waals surface area (Å²) in [6.07, 6.45) is 20.6. The maximum atomic E-state index is 12.5. The van der Waals surface area contributed by atoms with Crippen LogP contribution in [-0.4, -0.2) is 35.9 Å². The molecular formula is C35H49N3O. The molecule has 1 atom stereocenters. The average Bonchev–Trinajstić information content (AvgIpc) is 2.92. The zero-order valence-corrected chi connectivity index (χ0v) is 24.4. The molecule has 0 N–H and O–H groups in total. The van der Waals surface area contributed by atoms with Crippen LogP contribution in [0.3, 0.4) is 0 Å². The number of amidine groups is 1. The lowest BCUT2D eigenvalue weighted by atomic mass is 9.70. The van der Waals surface area contributed by atoms with E-state index in [9.17, 15) is 4.79 Å². The van der Waals surface area contributed by atoms with E-state index >= 15 is 0 Å². The lowest BCUT2D eigenvalue weighted by Crippen LogP contribution is -2.50. The van der Waals surface area contributed by atoms with Crippen molar-refractivity contribution in [2.75, 3.05) is 13.1 Å². The van der Waals surface area contributed by atoms with E-state index in [-0.39, 0.29) is 5.91 Å². The second-order valence-corrected chi connectivity index (χ2v) is 12.2. The van der Waals surface area contributed by atoms with Crippen LogP contribution in [0.4, 0.5) is 0 Å². The molecule has 4 nitrogen and oxygen atoms in total. The number of likely N-dealkylation sites (tertiary alicyclic amines) is 1. The minimum atomic E-state index is 0.234. The summed E-state index contributed by atoms with van der Waals surface area (Å²) in [6.45, 7) is 13.8. The van der Waals surface area contributed by atoms with Crippen LogP contribution in [0.2, 0.25) is 0 Å². The van der Waals surface area contributed by atoms with E-state index in [1.807, 2.05) is 18.0 Å². The lowest BCUT2D eigenvalue weighted by Gasteiger charge is -2.39. The van der Waals surface area contributed by atoms with Crippen molar-refractivity contribution in [1.29, 1.82) is 0 Å². The van der Waals surface area contributed by atoms with Crippen LogP contribution in [0.25, 0.3) is 0 Å². The number of carbonyl (C=O) groups is 1. The van der Waals surface area contributed by atoms with Gasteiger partial charge in [0.1, 0.15) is 0 Å². The van der Waals surface area contributed by atoms with Crippen LogP contribution in [0.5, 0.6) is 0 Å². The molecule has 0 spiro atoms. The first-order valence-electron chi connectivity index (χ1n) is 15.4. The fraction of sp³-hybridized carbons (Fsp3) is 0.571. The van der Waals surface area contributed by atoms with Gasteiger partial charge in [0.2, 0.25) is 5.91 Å². The maximum absolute atomic E-state index is 12.5. The zero-order chi connectivity index (χ0) is 27.6. The molecule has 0 radical (unpaired) electrons. The van der Waals surface area contributed by atoms with Gasteiger partial charge in [0.15, 0.2) is 5.84 Å².